The van der Waals surface area contributed by atoms with Crippen LogP contribution in [0.2, 0.25) is 0 Å². The first kappa shape index (κ1) is 11.7. The highest BCUT2D eigenvalue weighted by atomic mass is 19.4. The summed E-state index contributed by atoms with van der Waals surface area (Å²) in [5.74, 6) is -5.80. The summed E-state index contributed by atoms with van der Waals surface area (Å²) >= 11 is 0. The molecule has 0 amide bonds. The van der Waals surface area contributed by atoms with Crippen LogP contribution in [0.5, 0.6) is 0 Å². The molecule has 84 valence electrons. The number of nitrogens with two attached hydrogens (primary N) is 1. The van der Waals surface area contributed by atoms with Gasteiger partial charge in [0.25, 0.3) is 0 Å². The molecular formula is C8H5F6N. The largest absolute Gasteiger partial charge is 0.419 e. The van der Waals surface area contributed by atoms with Crippen LogP contribution in [0.3, 0.4) is 0 Å². The van der Waals surface area contributed by atoms with Gasteiger partial charge in [-0.3, -0.25) is 0 Å². The van der Waals surface area contributed by atoms with Crippen LogP contribution in [-0.4, -0.2) is 0 Å². The normalized spacial score (nSPS) is 11.9. The van der Waals surface area contributed by atoms with E-state index in [2.05, 4.69) is 0 Å². The molecule has 0 bridgehead atoms. The smallest absolute Gasteiger partial charge is 0.394 e. The lowest BCUT2D eigenvalue weighted by Crippen LogP contribution is -2.15. The molecule has 2 N–H and O–H groups in total. The van der Waals surface area contributed by atoms with Crippen molar-refractivity contribution in [2.24, 2.45) is 0 Å². The van der Waals surface area contributed by atoms with Gasteiger partial charge in [-0.15, -0.1) is 0 Å². The summed E-state index contributed by atoms with van der Waals surface area (Å²) in [5, 5.41) is 0. The predicted molar refractivity (Wildman–Crippen MR) is 40.5 cm³/mol. The highest BCUT2D eigenvalue weighted by molar-refractivity contribution is 5.49. The Hall–Kier alpha value is -1.40. The van der Waals surface area contributed by atoms with E-state index in [-0.39, 0.29) is 0 Å². The van der Waals surface area contributed by atoms with Gasteiger partial charge in [0.2, 0.25) is 0 Å². The van der Waals surface area contributed by atoms with E-state index in [4.69, 9.17) is 5.73 Å². The number of nitrogen functional groups attached to an aromatic ring is 1. The van der Waals surface area contributed by atoms with E-state index in [0.717, 1.165) is 0 Å². The van der Waals surface area contributed by atoms with Crippen LogP contribution in [0.4, 0.5) is 32.0 Å². The molecule has 1 aromatic rings. The van der Waals surface area contributed by atoms with Crippen LogP contribution in [0, 0.1) is 24.4 Å². The number of halogens is 6. The van der Waals surface area contributed by atoms with Crippen molar-refractivity contribution in [2.75, 3.05) is 5.73 Å². The average molecular weight is 229 g/mol. The summed E-state index contributed by atoms with van der Waals surface area (Å²) in [6.45, 7) is 0.678. The predicted octanol–water partition coefficient (Wildman–Crippen LogP) is 3.01. The Balaban J connectivity index is 3.68. The molecule has 0 saturated carbocycles. The van der Waals surface area contributed by atoms with Crippen molar-refractivity contribution >= 4 is 5.69 Å². The fourth-order valence-corrected chi connectivity index (χ4v) is 1.14. The van der Waals surface area contributed by atoms with E-state index in [1.54, 1.807) is 0 Å². The molecule has 0 unspecified atom stereocenters. The zero-order valence-corrected chi connectivity index (χ0v) is 7.35. The van der Waals surface area contributed by atoms with E-state index >= 15 is 0 Å². The second kappa shape index (κ2) is 3.32. The second-order valence-electron chi connectivity index (χ2n) is 2.85. The molecule has 1 rings (SSSR count). The molecule has 15 heavy (non-hydrogen) atoms. The maximum Gasteiger partial charge on any atom is 0.419 e. The van der Waals surface area contributed by atoms with Crippen molar-refractivity contribution in [1.82, 2.24) is 0 Å². The van der Waals surface area contributed by atoms with Gasteiger partial charge in [-0.2, -0.15) is 13.2 Å². The molecule has 7 heteroatoms. The minimum atomic E-state index is -5.16. The summed E-state index contributed by atoms with van der Waals surface area (Å²) in [6, 6.07) is 0. The van der Waals surface area contributed by atoms with Gasteiger partial charge in [0.1, 0.15) is 11.3 Å². The Morgan fingerprint density at radius 1 is 0.933 bits per heavy atom. The van der Waals surface area contributed by atoms with Gasteiger partial charge < -0.3 is 5.73 Å². The minimum absolute atomic E-state index is 0.678. The van der Waals surface area contributed by atoms with Crippen molar-refractivity contribution in [1.29, 1.82) is 0 Å². The maximum absolute atomic E-state index is 12.9. The Labute approximate surface area is 80.5 Å². The van der Waals surface area contributed by atoms with Gasteiger partial charge in [0, 0.05) is 5.56 Å². The van der Waals surface area contributed by atoms with E-state index < -0.39 is 40.4 Å². The number of benzene rings is 1. The van der Waals surface area contributed by atoms with Crippen molar-refractivity contribution in [3.8, 4) is 0 Å². The first-order valence-electron chi connectivity index (χ1n) is 3.67. The summed E-state index contributed by atoms with van der Waals surface area (Å²) < 4.78 is 75.1. The molecule has 0 saturated heterocycles. The fraction of sp³-hybridized carbons (Fsp3) is 0.250. The number of hydrogen-bond donors (Lipinski definition) is 1. The average Bonchev–Trinajstić information content (AvgIpc) is 2.09. The van der Waals surface area contributed by atoms with Gasteiger partial charge in [0.15, 0.2) is 17.5 Å². The molecule has 0 atom stereocenters. The van der Waals surface area contributed by atoms with Crippen LogP contribution >= 0.6 is 0 Å². The van der Waals surface area contributed by atoms with Crippen LogP contribution in [0.25, 0.3) is 0 Å². The van der Waals surface area contributed by atoms with Gasteiger partial charge in [-0.05, 0) is 6.92 Å². The van der Waals surface area contributed by atoms with Crippen molar-refractivity contribution in [2.45, 2.75) is 13.1 Å². The van der Waals surface area contributed by atoms with E-state index in [0.29, 0.717) is 6.92 Å². The molecule has 0 aliphatic rings. The molecule has 0 aromatic heterocycles. The second-order valence-corrected chi connectivity index (χ2v) is 2.85. The Bertz CT molecular complexity index is 380. The molecule has 0 aliphatic carbocycles. The summed E-state index contributed by atoms with van der Waals surface area (Å²) in [4.78, 5) is 0. The lowest BCUT2D eigenvalue weighted by atomic mass is 10.1. The first-order chi connectivity index (χ1) is 6.68. The molecule has 1 aromatic carbocycles. The summed E-state index contributed by atoms with van der Waals surface area (Å²) in [7, 11) is 0. The summed E-state index contributed by atoms with van der Waals surface area (Å²) in [6.07, 6.45) is -5.16. The zero-order chi connectivity index (χ0) is 12.0. The quantitative estimate of drug-likeness (QED) is 0.413. The van der Waals surface area contributed by atoms with E-state index in [1.807, 2.05) is 0 Å². The highest BCUT2D eigenvalue weighted by Crippen LogP contribution is 2.37. The number of anilines is 1. The Morgan fingerprint density at radius 2 is 1.40 bits per heavy atom. The van der Waals surface area contributed by atoms with Crippen LogP contribution in [0.15, 0.2) is 0 Å². The Morgan fingerprint density at radius 3 is 1.80 bits per heavy atom. The number of hydrogen-bond acceptors (Lipinski definition) is 1. The van der Waals surface area contributed by atoms with Gasteiger partial charge in [0.05, 0.1) is 0 Å². The topological polar surface area (TPSA) is 26.0 Å². The zero-order valence-electron chi connectivity index (χ0n) is 7.35. The third-order valence-corrected chi connectivity index (χ3v) is 1.87. The first-order valence-corrected chi connectivity index (χ1v) is 3.67. The molecule has 0 spiro atoms. The molecule has 1 nitrogen and oxygen atoms in total. The SMILES string of the molecule is Cc1c(F)c(N)c(F)c(F)c1C(F)(F)F. The maximum atomic E-state index is 12.9. The fourth-order valence-electron chi connectivity index (χ4n) is 1.14. The number of alkyl halides is 3. The van der Waals surface area contributed by atoms with Crippen molar-refractivity contribution in [3.05, 3.63) is 28.6 Å². The monoisotopic (exact) mass is 229 g/mol. The van der Waals surface area contributed by atoms with E-state index in [1.165, 1.54) is 0 Å². The van der Waals surface area contributed by atoms with Gasteiger partial charge in [-0.1, -0.05) is 0 Å². The lowest BCUT2D eigenvalue weighted by Gasteiger charge is -2.14. The van der Waals surface area contributed by atoms with Crippen LogP contribution < -0.4 is 5.73 Å². The lowest BCUT2D eigenvalue weighted by molar-refractivity contribution is -0.141. The standard InChI is InChI=1S/C8H5F6N/c1-2-3(8(12,13)14)5(10)6(11)7(15)4(2)9/h15H2,1H3. The molecule has 0 heterocycles. The van der Waals surface area contributed by atoms with Crippen molar-refractivity contribution < 1.29 is 26.3 Å². The van der Waals surface area contributed by atoms with Gasteiger partial charge >= 0.3 is 6.18 Å². The van der Waals surface area contributed by atoms with Crippen molar-refractivity contribution in [3.63, 3.8) is 0 Å². The molecule has 0 radical (unpaired) electrons. The summed E-state index contributed by atoms with van der Waals surface area (Å²) in [5.41, 5.74) is 0.464. The van der Waals surface area contributed by atoms with Crippen LogP contribution in [0.1, 0.15) is 11.1 Å². The van der Waals surface area contributed by atoms with Gasteiger partial charge in [-0.25, -0.2) is 13.2 Å². The molecule has 0 aliphatic heterocycles. The Kier molecular flexibility index (Phi) is 2.58. The molecular weight excluding hydrogens is 224 g/mol. The third-order valence-electron chi connectivity index (χ3n) is 1.87. The highest BCUT2D eigenvalue weighted by Gasteiger charge is 2.39. The van der Waals surface area contributed by atoms with E-state index in [9.17, 15) is 26.3 Å². The molecule has 0 fully saturated rings. The van der Waals surface area contributed by atoms with Crippen LogP contribution in [-0.2, 0) is 6.18 Å². The number of rotatable bonds is 0. The minimum Gasteiger partial charge on any atom is -0.394 e. The third kappa shape index (κ3) is 1.73.